The van der Waals surface area contributed by atoms with Gasteiger partial charge in [-0.3, -0.25) is 0 Å². The number of thiophene rings is 1. The van der Waals surface area contributed by atoms with Crippen LogP contribution in [0.4, 0.5) is 0 Å². The van der Waals surface area contributed by atoms with Crippen LogP contribution in [-0.2, 0) is 0 Å². The molecule has 236 valence electrons. The van der Waals surface area contributed by atoms with Crippen LogP contribution in [0, 0.1) is 0 Å². The molecule has 0 saturated heterocycles. The Kier molecular flexibility index (Phi) is 6.22. The van der Waals surface area contributed by atoms with Crippen LogP contribution in [0.5, 0.6) is 0 Å². The molecule has 0 nitrogen and oxygen atoms in total. The second kappa shape index (κ2) is 11.1. The summed E-state index contributed by atoms with van der Waals surface area (Å²) in [4.78, 5) is 0. The first kappa shape index (κ1) is 28.5. The van der Waals surface area contributed by atoms with Crippen molar-refractivity contribution in [3.63, 3.8) is 0 Å². The molecule has 1 aromatic heterocycles. The molecule has 51 heavy (non-hydrogen) atoms. The second-order valence-corrected chi connectivity index (χ2v) is 14.6. The van der Waals surface area contributed by atoms with Gasteiger partial charge >= 0.3 is 0 Å². The van der Waals surface area contributed by atoms with Crippen molar-refractivity contribution in [1.29, 1.82) is 0 Å². The molecular formula is C50H30S. The van der Waals surface area contributed by atoms with E-state index in [0.717, 1.165) is 0 Å². The number of benzene rings is 10. The minimum absolute atomic E-state index is 1.26. The van der Waals surface area contributed by atoms with Crippen LogP contribution in [0.25, 0.3) is 107 Å². The van der Waals surface area contributed by atoms with Gasteiger partial charge in [0, 0.05) is 25.7 Å². The van der Waals surface area contributed by atoms with Crippen LogP contribution in [0.1, 0.15) is 0 Å². The van der Waals surface area contributed by atoms with E-state index in [1.807, 2.05) is 11.3 Å². The summed E-state index contributed by atoms with van der Waals surface area (Å²) in [6, 6.07) is 67.4. The highest BCUT2D eigenvalue weighted by Gasteiger charge is 2.21. The van der Waals surface area contributed by atoms with Crippen molar-refractivity contribution in [3.05, 3.63) is 182 Å². The average Bonchev–Trinajstić information content (AvgIpc) is 3.57. The molecule has 0 aliphatic heterocycles. The van der Waals surface area contributed by atoms with E-state index in [4.69, 9.17) is 0 Å². The van der Waals surface area contributed by atoms with Crippen molar-refractivity contribution in [1.82, 2.24) is 0 Å². The Morgan fingerprint density at radius 2 is 0.686 bits per heavy atom. The first-order valence-electron chi connectivity index (χ1n) is 17.6. The molecule has 0 radical (unpaired) electrons. The minimum atomic E-state index is 1.26. The minimum Gasteiger partial charge on any atom is -0.135 e. The molecule has 0 spiro atoms. The molecule has 1 heterocycles. The molecule has 0 amide bonds. The van der Waals surface area contributed by atoms with Gasteiger partial charge < -0.3 is 0 Å². The van der Waals surface area contributed by atoms with Gasteiger partial charge in [-0.15, -0.1) is 11.3 Å². The van der Waals surface area contributed by atoms with E-state index in [0.29, 0.717) is 0 Å². The first-order valence-corrected chi connectivity index (χ1v) is 18.4. The molecule has 1 heteroatoms. The summed E-state index contributed by atoms with van der Waals surface area (Å²) in [6.45, 7) is 0. The highest BCUT2D eigenvalue weighted by atomic mass is 32.1. The molecule has 10 aromatic carbocycles. The van der Waals surface area contributed by atoms with Gasteiger partial charge in [0.2, 0.25) is 0 Å². The van der Waals surface area contributed by atoms with Crippen LogP contribution in [0.2, 0.25) is 0 Å². The molecular weight excluding hydrogens is 633 g/mol. The van der Waals surface area contributed by atoms with Crippen molar-refractivity contribution in [2.24, 2.45) is 0 Å². The third-order valence-electron chi connectivity index (χ3n) is 10.8. The monoisotopic (exact) mass is 662 g/mol. The number of hydrogen-bond acceptors (Lipinski definition) is 1. The highest BCUT2D eigenvalue weighted by Crippen LogP contribution is 2.50. The van der Waals surface area contributed by atoms with Crippen molar-refractivity contribution in [2.45, 2.75) is 0 Å². The van der Waals surface area contributed by atoms with Gasteiger partial charge in [-0.1, -0.05) is 170 Å². The Balaban J connectivity index is 1.25. The summed E-state index contributed by atoms with van der Waals surface area (Å²) in [5, 5.41) is 15.4. The Bertz CT molecular complexity index is 3130. The third-order valence-corrected chi connectivity index (χ3v) is 12.0. The van der Waals surface area contributed by atoms with E-state index >= 15 is 0 Å². The normalized spacial score (nSPS) is 11.9. The Hall–Kier alpha value is -6.28. The lowest BCUT2D eigenvalue weighted by atomic mass is 9.82. The van der Waals surface area contributed by atoms with E-state index in [9.17, 15) is 0 Å². The fraction of sp³-hybridized carbons (Fsp3) is 0. The molecule has 0 N–H and O–H groups in total. The van der Waals surface area contributed by atoms with Crippen molar-refractivity contribution in [3.8, 4) is 33.4 Å². The lowest BCUT2D eigenvalue weighted by Crippen LogP contribution is -1.93. The van der Waals surface area contributed by atoms with Gasteiger partial charge in [-0.2, -0.15) is 0 Å². The predicted molar refractivity (Wildman–Crippen MR) is 223 cm³/mol. The topological polar surface area (TPSA) is 0 Å². The van der Waals surface area contributed by atoms with E-state index in [2.05, 4.69) is 182 Å². The van der Waals surface area contributed by atoms with Crippen LogP contribution in [0.3, 0.4) is 0 Å². The van der Waals surface area contributed by atoms with E-state index in [-0.39, 0.29) is 0 Å². The number of hydrogen-bond donors (Lipinski definition) is 0. The molecule has 0 atom stereocenters. The molecule has 0 aliphatic carbocycles. The van der Waals surface area contributed by atoms with Crippen LogP contribution < -0.4 is 0 Å². The Morgan fingerprint density at radius 3 is 1.31 bits per heavy atom. The summed E-state index contributed by atoms with van der Waals surface area (Å²) < 4.78 is 2.68. The quantitative estimate of drug-likeness (QED) is 0.165. The van der Waals surface area contributed by atoms with Gasteiger partial charge in [-0.25, -0.2) is 0 Å². The fourth-order valence-corrected chi connectivity index (χ4v) is 9.93. The van der Waals surface area contributed by atoms with Crippen LogP contribution >= 0.6 is 11.3 Å². The van der Waals surface area contributed by atoms with Crippen LogP contribution in [0.15, 0.2) is 182 Å². The largest absolute Gasteiger partial charge is 0.135 e. The molecule has 0 fully saturated rings. The summed E-state index contributed by atoms with van der Waals surface area (Å²) in [7, 11) is 0. The van der Waals surface area contributed by atoms with Crippen molar-refractivity contribution < 1.29 is 0 Å². The molecule has 0 bridgehead atoms. The van der Waals surface area contributed by atoms with Gasteiger partial charge in [0.25, 0.3) is 0 Å². The third kappa shape index (κ3) is 4.19. The second-order valence-electron chi connectivity index (χ2n) is 13.5. The smallest absolute Gasteiger partial charge is 0.0440 e. The molecule has 0 unspecified atom stereocenters. The lowest BCUT2D eigenvalue weighted by Gasteiger charge is -2.20. The highest BCUT2D eigenvalue weighted by molar-refractivity contribution is 7.26. The van der Waals surface area contributed by atoms with Gasteiger partial charge in [0.15, 0.2) is 0 Å². The van der Waals surface area contributed by atoms with Gasteiger partial charge in [0.1, 0.15) is 0 Å². The maximum Gasteiger partial charge on any atom is 0.0440 e. The summed E-state index contributed by atoms with van der Waals surface area (Å²) >= 11 is 1.91. The first-order chi connectivity index (χ1) is 25.3. The number of rotatable bonds is 3. The molecule has 11 rings (SSSR count). The fourth-order valence-electron chi connectivity index (χ4n) is 8.68. The van der Waals surface area contributed by atoms with Crippen molar-refractivity contribution >= 4 is 85.4 Å². The zero-order valence-electron chi connectivity index (χ0n) is 27.7. The SMILES string of the molecule is c1ccc2c(-c3c4ccccc4c(-c4ccc(-c5c6ccccc6cc6c5sc5ccccc56)c5ccccc45)c4ccccc34)cccc2c1. The van der Waals surface area contributed by atoms with E-state index in [1.54, 1.807) is 0 Å². The van der Waals surface area contributed by atoms with Crippen molar-refractivity contribution in [2.75, 3.05) is 0 Å². The average molecular weight is 663 g/mol. The summed E-state index contributed by atoms with van der Waals surface area (Å²) in [5.74, 6) is 0. The predicted octanol–water partition coefficient (Wildman–Crippen LogP) is 14.8. The standard InChI is InChI=1S/C50H30S/c1-3-17-33-31(14-1)16-13-26-38(33)47-39-22-7-9-24-41(39)48(42-25-10-8-23-40(42)47)43-28-29-44(36-20-6-5-19-35(36)43)49-34-18-4-2-15-32(34)30-45-37-21-11-12-27-46(37)51-50(45)49/h1-30H. The lowest BCUT2D eigenvalue weighted by molar-refractivity contribution is 1.68. The molecule has 11 aromatic rings. The molecule has 0 aliphatic rings. The summed E-state index contributed by atoms with van der Waals surface area (Å²) in [5.41, 5.74) is 7.73. The Labute approximate surface area is 299 Å². The van der Waals surface area contributed by atoms with E-state index in [1.165, 1.54) is 107 Å². The van der Waals surface area contributed by atoms with E-state index < -0.39 is 0 Å². The summed E-state index contributed by atoms with van der Waals surface area (Å²) in [6.07, 6.45) is 0. The molecule has 0 saturated carbocycles. The maximum absolute atomic E-state index is 2.39. The van der Waals surface area contributed by atoms with Crippen LogP contribution in [-0.4, -0.2) is 0 Å². The van der Waals surface area contributed by atoms with Gasteiger partial charge in [0.05, 0.1) is 0 Å². The Morgan fingerprint density at radius 1 is 0.255 bits per heavy atom. The maximum atomic E-state index is 2.39. The zero-order chi connectivity index (χ0) is 33.5. The zero-order valence-corrected chi connectivity index (χ0v) is 28.5. The number of fused-ring (bicyclic) bond motifs is 8. The van der Waals surface area contributed by atoms with Gasteiger partial charge in [-0.05, 0) is 93.8 Å².